The van der Waals surface area contributed by atoms with Crippen LogP contribution >= 0.6 is 11.8 Å². The lowest BCUT2D eigenvalue weighted by molar-refractivity contribution is -0.205. The van der Waals surface area contributed by atoms with Crippen LogP contribution in [0.15, 0.2) is 23.9 Å². The van der Waals surface area contributed by atoms with E-state index in [1.807, 2.05) is 30.9 Å². The Bertz CT molecular complexity index is 1180. The average Bonchev–Trinajstić information content (AvgIpc) is 3.51. The number of carbonyl (C=O) groups is 2. The first-order chi connectivity index (χ1) is 18.8. The maximum Gasteiger partial charge on any atom is 0.316 e. The number of aryl methyl sites for hydroxylation is 1. The lowest BCUT2D eigenvalue weighted by Gasteiger charge is -2.61. The molecular formula is C31H45N3O5S. The van der Waals surface area contributed by atoms with Crippen molar-refractivity contribution in [3.05, 3.63) is 24.4 Å². The number of Topliss-reactive ketones (excluding diaryl/α,β-unsaturated/α-hetero) is 1. The number of anilines is 1. The van der Waals surface area contributed by atoms with Gasteiger partial charge in [-0.25, -0.2) is 9.97 Å². The maximum absolute atomic E-state index is 13.6. The van der Waals surface area contributed by atoms with Gasteiger partial charge >= 0.3 is 5.97 Å². The summed E-state index contributed by atoms with van der Waals surface area (Å²) in [5, 5.41) is 22.1. The van der Waals surface area contributed by atoms with Gasteiger partial charge in [-0.15, -0.1) is 6.58 Å². The molecule has 9 atom stereocenters. The van der Waals surface area contributed by atoms with E-state index in [0.29, 0.717) is 31.0 Å². The normalized spacial score (nSPS) is 41.3. The molecule has 8 nitrogen and oxygen atoms in total. The van der Waals surface area contributed by atoms with Crippen LogP contribution in [-0.4, -0.2) is 69.1 Å². The van der Waals surface area contributed by atoms with Gasteiger partial charge in [-0.05, 0) is 56.3 Å². The van der Waals surface area contributed by atoms with Crippen LogP contribution in [0.3, 0.4) is 0 Å². The highest BCUT2D eigenvalue weighted by atomic mass is 32.2. The second-order valence-electron chi connectivity index (χ2n) is 13.4. The van der Waals surface area contributed by atoms with Crippen molar-refractivity contribution in [2.75, 3.05) is 23.7 Å². The van der Waals surface area contributed by atoms with E-state index in [1.54, 1.807) is 0 Å². The molecule has 2 N–H and O–H groups in total. The number of ether oxygens (including phenoxy) is 1. The van der Waals surface area contributed by atoms with Crippen molar-refractivity contribution in [1.82, 2.24) is 9.97 Å². The first kappa shape index (κ1) is 29.5. The fraction of sp³-hybridized carbons (Fsp3) is 0.742. The molecule has 40 heavy (non-hydrogen) atoms. The van der Waals surface area contributed by atoms with Gasteiger partial charge in [-0.2, -0.15) is 0 Å². The Morgan fingerprint density at radius 3 is 2.67 bits per heavy atom. The van der Waals surface area contributed by atoms with Crippen LogP contribution in [-0.2, 0) is 14.3 Å². The van der Waals surface area contributed by atoms with E-state index >= 15 is 0 Å². The molecule has 0 radical (unpaired) electrons. The smallest absolute Gasteiger partial charge is 0.316 e. The Morgan fingerprint density at radius 1 is 1.25 bits per heavy atom. The Hall–Kier alpha value is -1.97. The van der Waals surface area contributed by atoms with Crippen LogP contribution in [0, 0.1) is 40.9 Å². The molecular weight excluding hydrogens is 526 g/mol. The molecule has 2 bridgehead atoms. The Balaban J connectivity index is 1.40. The zero-order valence-corrected chi connectivity index (χ0v) is 25.4. The van der Waals surface area contributed by atoms with Crippen LogP contribution < -0.4 is 4.90 Å². The van der Waals surface area contributed by atoms with Gasteiger partial charge in [0.25, 0.3) is 0 Å². The van der Waals surface area contributed by atoms with E-state index in [1.165, 1.54) is 11.8 Å². The third-order valence-corrected chi connectivity index (χ3v) is 12.0. The standard InChI is InChI=1S/C31H45N3O5S/c1-7-29(5)15-23(30(6)18(2)8-11-31(20(4)27(29)38)12-9-22(36)26(30)31)39-25(37)17-40-28-32-19(3)14-24(33-28)34-13-10-21(35)16-34/h7,14,18,20-21,23,26-27,35,38H,1,8-13,15-17H2,2-6H3/t18-,20+,21-,23-,26+,27+,29-,30-,31+/m1/s1. The van der Waals surface area contributed by atoms with Crippen LogP contribution in [0.5, 0.6) is 0 Å². The molecule has 1 aliphatic heterocycles. The van der Waals surface area contributed by atoms with E-state index in [-0.39, 0.29) is 46.8 Å². The summed E-state index contributed by atoms with van der Waals surface area (Å²) in [6, 6.07) is 1.90. The number of carbonyl (C=O) groups excluding carboxylic acids is 2. The summed E-state index contributed by atoms with van der Waals surface area (Å²) in [6.45, 7) is 15.7. The molecule has 9 heteroatoms. The number of esters is 1. The SMILES string of the molecule is C=C[C@]1(C)C[C@@H](OC(=O)CSc2nc(C)cc(N3CC[C@@H](O)C3)n2)[C@@]2(C)[C@H](C)CC[C@]3(CCC(=O)[C@H]32)[C@@H](C)[C@@H]1O. The first-order valence-electron chi connectivity index (χ1n) is 14.8. The fourth-order valence-electron chi connectivity index (χ4n) is 8.52. The van der Waals surface area contributed by atoms with Crippen molar-refractivity contribution in [3.63, 3.8) is 0 Å². The zero-order valence-electron chi connectivity index (χ0n) is 24.6. The van der Waals surface area contributed by atoms with E-state index in [0.717, 1.165) is 37.3 Å². The number of hydrogen-bond donors (Lipinski definition) is 2. The van der Waals surface area contributed by atoms with Crippen molar-refractivity contribution >= 4 is 29.3 Å². The van der Waals surface area contributed by atoms with Crippen LogP contribution in [0.4, 0.5) is 5.82 Å². The molecule has 4 fully saturated rings. The summed E-state index contributed by atoms with van der Waals surface area (Å²) >= 11 is 1.24. The second-order valence-corrected chi connectivity index (χ2v) is 14.3. The molecule has 220 valence electrons. The topological polar surface area (TPSA) is 113 Å². The Labute approximate surface area is 242 Å². The molecule has 0 amide bonds. The van der Waals surface area contributed by atoms with E-state index in [2.05, 4.69) is 37.3 Å². The number of β-amino-alcohol motifs (C(OH)–C–C–N with tert-alkyl or cyclic N) is 1. The number of aliphatic hydroxyl groups is 2. The predicted molar refractivity (Wildman–Crippen MR) is 155 cm³/mol. The fourth-order valence-corrected chi connectivity index (χ4v) is 9.20. The van der Waals surface area contributed by atoms with Gasteiger partial charge in [0.15, 0.2) is 5.16 Å². The molecule has 5 rings (SSSR count). The van der Waals surface area contributed by atoms with E-state index in [4.69, 9.17) is 4.74 Å². The van der Waals surface area contributed by atoms with Crippen LogP contribution in [0.1, 0.15) is 71.9 Å². The van der Waals surface area contributed by atoms with Crippen molar-refractivity contribution in [2.24, 2.45) is 34.0 Å². The number of aliphatic hydroxyl groups excluding tert-OH is 2. The number of thioether (sulfide) groups is 1. The third kappa shape index (κ3) is 4.79. The minimum absolute atomic E-state index is 0.0417. The summed E-state index contributed by atoms with van der Waals surface area (Å²) < 4.78 is 6.35. The average molecular weight is 572 g/mol. The summed E-state index contributed by atoms with van der Waals surface area (Å²) in [6.07, 6.45) is 4.51. The zero-order chi connectivity index (χ0) is 29.0. The van der Waals surface area contributed by atoms with Crippen molar-refractivity contribution < 1.29 is 24.5 Å². The monoisotopic (exact) mass is 571 g/mol. The number of rotatable bonds is 6. The highest BCUT2D eigenvalue weighted by molar-refractivity contribution is 7.99. The molecule has 3 saturated carbocycles. The molecule has 2 heterocycles. The molecule has 0 unspecified atom stereocenters. The van der Waals surface area contributed by atoms with Gasteiger partial charge in [-0.1, -0.05) is 45.5 Å². The molecule has 0 spiro atoms. The molecule has 1 saturated heterocycles. The van der Waals surface area contributed by atoms with Gasteiger partial charge in [0, 0.05) is 48.0 Å². The van der Waals surface area contributed by atoms with Crippen molar-refractivity contribution in [1.29, 1.82) is 0 Å². The highest BCUT2D eigenvalue weighted by Crippen LogP contribution is 2.68. The van der Waals surface area contributed by atoms with Gasteiger partial charge < -0.3 is 19.8 Å². The Kier molecular flexibility index (Phi) is 7.90. The van der Waals surface area contributed by atoms with E-state index < -0.39 is 23.0 Å². The summed E-state index contributed by atoms with van der Waals surface area (Å²) in [5.74, 6) is 0.556. The molecule has 0 aromatic carbocycles. The summed E-state index contributed by atoms with van der Waals surface area (Å²) in [5.41, 5.74) is -0.689. The third-order valence-electron chi connectivity index (χ3n) is 11.2. The highest BCUT2D eigenvalue weighted by Gasteiger charge is 2.68. The number of ketones is 1. The quantitative estimate of drug-likeness (QED) is 0.223. The molecule has 4 aliphatic rings. The lowest BCUT2D eigenvalue weighted by atomic mass is 9.44. The molecule has 1 aromatic heterocycles. The van der Waals surface area contributed by atoms with Crippen LogP contribution in [0.25, 0.3) is 0 Å². The number of aromatic nitrogens is 2. The molecule has 1 aromatic rings. The predicted octanol–water partition coefficient (Wildman–Crippen LogP) is 4.35. The summed E-state index contributed by atoms with van der Waals surface area (Å²) in [4.78, 5) is 38.2. The van der Waals surface area contributed by atoms with Gasteiger partial charge in [0.05, 0.1) is 18.0 Å². The van der Waals surface area contributed by atoms with Gasteiger partial charge in [0.1, 0.15) is 17.7 Å². The van der Waals surface area contributed by atoms with Gasteiger partial charge in [0.2, 0.25) is 0 Å². The lowest BCUT2D eigenvalue weighted by Crippen LogP contribution is -2.63. The van der Waals surface area contributed by atoms with Crippen molar-refractivity contribution in [3.8, 4) is 0 Å². The second kappa shape index (κ2) is 10.7. The number of hydrogen-bond acceptors (Lipinski definition) is 9. The minimum Gasteiger partial charge on any atom is -0.461 e. The van der Waals surface area contributed by atoms with E-state index in [9.17, 15) is 19.8 Å². The maximum atomic E-state index is 13.6. The first-order valence-corrected chi connectivity index (χ1v) is 15.8. The van der Waals surface area contributed by atoms with Crippen molar-refractivity contribution in [2.45, 2.75) is 96.6 Å². The molecule has 3 aliphatic carbocycles. The summed E-state index contributed by atoms with van der Waals surface area (Å²) in [7, 11) is 0. The largest absolute Gasteiger partial charge is 0.461 e. The minimum atomic E-state index is -0.685. The van der Waals surface area contributed by atoms with Crippen LogP contribution in [0.2, 0.25) is 0 Å². The van der Waals surface area contributed by atoms with Gasteiger partial charge in [-0.3, -0.25) is 9.59 Å². The Morgan fingerprint density at radius 2 is 2.00 bits per heavy atom. The number of nitrogens with zero attached hydrogens (tertiary/aromatic N) is 3.